The molecule has 0 radical (unpaired) electrons. The van der Waals surface area contributed by atoms with E-state index in [4.69, 9.17) is 9.72 Å². The van der Waals surface area contributed by atoms with Gasteiger partial charge in [0.2, 0.25) is 0 Å². The van der Waals surface area contributed by atoms with E-state index in [0.717, 1.165) is 35.0 Å². The van der Waals surface area contributed by atoms with E-state index in [0.29, 0.717) is 18.3 Å². The average molecular weight is 459 g/mol. The molecule has 1 aliphatic rings. The molecule has 1 aliphatic heterocycles. The number of sulfone groups is 1. The molecule has 0 bridgehead atoms. The van der Waals surface area contributed by atoms with Gasteiger partial charge in [-0.25, -0.2) is 13.4 Å². The van der Waals surface area contributed by atoms with Gasteiger partial charge in [0.25, 0.3) is 5.91 Å². The summed E-state index contributed by atoms with van der Waals surface area (Å²) >= 11 is 1.45. The zero-order valence-corrected chi connectivity index (χ0v) is 19.3. The van der Waals surface area contributed by atoms with Crippen molar-refractivity contribution < 1.29 is 17.9 Å². The molecular formula is C23H26N2O4S2. The molecule has 31 heavy (non-hydrogen) atoms. The molecule has 2 heterocycles. The van der Waals surface area contributed by atoms with Gasteiger partial charge in [0.05, 0.1) is 39.1 Å². The lowest BCUT2D eigenvalue weighted by atomic mass is 10.1. The second-order valence-corrected chi connectivity index (χ2v) is 10.8. The summed E-state index contributed by atoms with van der Waals surface area (Å²) in [5.74, 6) is -0.426. The molecule has 8 heteroatoms. The maximum atomic E-state index is 13.7. The van der Waals surface area contributed by atoms with Crippen LogP contribution in [-0.4, -0.2) is 44.3 Å². The summed E-state index contributed by atoms with van der Waals surface area (Å²) in [4.78, 5) is 20.2. The van der Waals surface area contributed by atoms with Crippen LogP contribution in [0.2, 0.25) is 0 Å². The number of amides is 1. The molecule has 6 nitrogen and oxygen atoms in total. The van der Waals surface area contributed by atoms with E-state index in [1.807, 2.05) is 18.2 Å². The first-order valence-electron chi connectivity index (χ1n) is 10.6. The molecule has 1 amide bonds. The van der Waals surface area contributed by atoms with Crippen LogP contribution >= 0.6 is 11.3 Å². The van der Waals surface area contributed by atoms with E-state index in [2.05, 4.69) is 6.92 Å². The number of hydrogen-bond acceptors (Lipinski definition) is 6. The lowest BCUT2D eigenvalue weighted by Crippen LogP contribution is -2.38. The van der Waals surface area contributed by atoms with Crippen molar-refractivity contribution in [2.24, 2.45) is 0 Å². The van der Waals surface area contributed by atoms with Crippen LogP contribution in [0.4, 0.5) is 5.13 Å². The molecule has 0 spiro atoms. The number of fused-ring (bicyclic) bond motifs is 1. The minimum absolute atomic E-state index is 0.0650. The largest absolute Gasteiger partial charge is 0.376 e. The molecule has 0 aliphatic carbocycles. The second-order valence-electron chi connectivity index (χ2n) is 7.56. The third-order valence-corrected chi connectivity index (χ3v) is 8.42. The topological polar surface area (TPSA) is 76.6 Å². The minimum atomic E-state index is -3.55. The van der Waals surface area contributed by atoms with Crippen LogP contribution in [-0.2, 0) is 21.0 Å². The predicted octanol–water partition coefficient (Wildman–Crippen LogP) is 4.48. The normalized spacial score (nSPS) is 16.6. The van der Waals surface area contributed by atoms with E-state index < -0.39 is 9.84 Å². The first-order chi connectivity index (χ1) is 14.9. The number of aryl methyl sites for hydroxylation is 1. The predicted molar refractivity (Wildman–Crippen MR) is 124 cm³/mol. The lowest BCUT2D eigenvalue weighted by molar-refractivity contribution is 0.0915. The van der Waals surface area contributed by atoms with Crippen molar-refractivity contribution >= 4 is 42.4 Å². The Hall–Kier alpha value is -2.29. The molecule has 164 valence electrons. The highest BCUT2D eigenvalue weighted by Crippen LogP contribution is 2.33. The molecule has 1 saturated heterocycles. The Kier molecular flexibility index (Phi) is 6.41. The van der Waals surface area contributed by atoms with Crippen LogP contribution in [0.15, 0.2) is 47.4 Å². The van der Waals surface area contributed by atoms with Gasteiger partial charge < -0.3 is 4.74 Å². The third-order valence-electron chi connectivity index (χ3n) is 5.59. The first-order valence-corrected chi connectivity index (χ1v) is 13.0. The summed E-state index contributed by atoms with van der Waals surface area (Å²) in [6.45, 7) is 4.68. The number of nitrogens with zero attached hydrogens (tertiary/aromatic N) is 2. The second kappa shape index (κ2) is 9.06. The highest BCUT2D eigenvalue weighted by molar-refractivity contribution is 7.91. The number of para-hydroxylation sites is 1. The molecule has 0 N–H and O–H groups in total. The number of anilines is 1. The number of thiazole rings is 1. The number of hydrogen-bond donors (Lipinski definition) is 0. The Balaban J connectivity index is 1.81. The van der Waals surface area contributed by atoms with E-state index in [1.54, 1.807) is 30.0 Å². The van der Waals surface area contributed by atoms with Crippen molar-refractivity contribution in [3.8, 4) is 0 Å². The Bertz CT molecular complexity index is 1200. The molecule has 1 fully saturated rings. The summed E-state index contributed by atoms with van der Waals surface area (Å²) in [6.07, 6.45) is 2.58. The van der Waals surface area contributed by atoms with Crippen LogP contribution in [0.1, 0.15) is 42.6 Å². The number of rotatable bonds is 7. The van der Waals surface area contributed by atoms with E-state index >= 15 is 0 Å². The highest BCUT2D eigenvalue weighted by Gasteiger charge is 2.30. The molecule has 3 aromatic rings. The standard InChI is InChI=1S/C23H26N2O4S2/c1-3-16-9-7-12-19-21(16)24-23(30-19)25(15-17-10-8-14-29-17)22(26)18-11-5-6-13-20(18)31(27,28)4-2/h5-7,9,11-13,17H,3-4,8,10,14-15H2,1-2H3. The van der Waals surface area contributed by atoms with Crippen LogP contribution in [0, 0.1) is 0 Å². The van der Waals surface area contributed by atoms with Gasteiger partial charge in [-0.1, -0.05) is 49.4 Å². The quantitative estimate of drug-likeness (QED) is 0.522. The molecule has 0 saturated carbocycles. The molecular weight excluding hydrogens is 432 g/mol. The van der Waals surface area contributed by atoms with Gasteiger partial charge in [-0.2, -0.15) is 0 Å². The number of carbonyl (C=O) groups excluding carboxylic acids is 1. The van der Waals surface area contributed by atoms with E-state index in [1.165, 1.54) is 17.4 Å². The summed E-state index contributed by atoms with van der Waals surface area (Å²) < 4.78 is 32.1. The number of aromatic nitrogens is 1. The minimum Gasteiger partial charge on any atom is -0.376 e. The number of ether oxygens (including phenoxy) is 1. The molecule has 4 rings (SSSR count). The van der Waals surface area contributed by atoms with Gasteiger partial charge in [0.1, 0.15) is 0 Å². The van der Waals surface area contributed by atoms with Crippen LogP contribution in [0.25, 0.3) is 10.2 Å². The molecule has 1 aromatic heterocycles. The van der Waals surface area contributed by atoms with Crippen molar-refractivity contribution in [1.29, 1.82) is 0 Å². The van der Waals surface area contributed by atoms with Gasteiger partial charge in [-0.15, -0.1) is 0 Å². The zero-order chi connectivity index (χ0) is 22.0. The molecule has 2 aromatic carbocycles. The number of benzene rings is 2. The SMILES string of the molecule is CCc1cccc2sc(N(CC3CCCO3)C(=O)c3ccccc3S(=O)(=O)CC)nc12. The smallest absolute Gasteiger partial charge is 0.261 e. The van der Waals surface area contributed by atoms with Crippen molar-refractivity contribution in [3.63, 3.8) is 0 Å². The summed E-state index contributed by atoms with van der Waals surface area (Å²) in [5.41, 5.74) is 2.19. The fourth-order valence-electron chi connectivity index (χ4n) is 3.85. The van der Waals surface area contributed by atoms with Crippen molar-refractivity contribution in [2.75, 3.05) is 23.8 Å². The van der Waals surface area contributed by atoms with Gasteiger partial charge in [-0.05, 0) is 43.0 Å². The average Bonchev–Trinajstić information content (AvgIpc) is 3.46. The van der Waals surface area contributed by atoms with Crippen molar-refractivity contribution in [2.45, 2.75) is 44.1 Å². The van der Waals surface area contributed by atoms with Crippen LogP contribution in [0.5, 0.6) is 0 Å². The molecule has 1 unspecified atom stereocenters. The van der Waals surface area contributed by atoms with Gasteiger partial charge >= 0.3 is 0 Å². The maximum Gasteiger partial charge on any atom is 0.261 e. The summed E-state index contributed by atoms with van der Waals surface area (Å²) in [6, 6.07) is 12.5. The van der Waals surface area contributed by atoms with Crippen LogP contribution in [0.3, 0.4) is 0 Å². The molecule has 1 atom stereocenters. The third kappa shape index (κ3) is 4.37. The lowest BCUT2D eigenvalue weighted by Gasteiger charge is -2.24. The first kappa shape index (κ1) is 21.9. The Labute approximate surface area is 186 Å². The van der Waals surface area contributed by atoms with Gasteiger partial charge in [0, 0.05) is 6.61 Å². The highest BCUT2D eigenvalue weighted by atomic mass is 32.2. The van der Waals surface area contributed by atoms with Crippen molar-refractivity contribution in [3.05, 3.63) is 53.6 Å². The van der Waals surface area contributed by atoms with Gasteiger partial charge in [-0.3, -0.25) is 9.69 Å². The Morgan fingerprint density at radius 1 is 1.19 bits per heavy atom. The van der Waals surface area contributed by atoms with E-state index in [9.17, 15) is 13.2 Å². The fourth-order valence-corrected chi connectivity index (χ4v) is 5.96. The van der Waals surface area contributed by atoms with Crippen LogP contribution < -0.4 is 4.90 Å². The summed E-state index contributed by atoms with van der Waals surface area (Å²) in [7, 11) is -3.55. The zero-order valence-electron chi connectivity index (χ0n) is 17.7. The van der Waals surface area contributed by atoms with E-state index in [-0.39, 0.29) is 28.2 Å². The summed E-state index contributed by atoms with van der Waals surface area (Å²) in [5, 5.41) is 0.570. The maximum absolute atomic E-state index is 13.7. The Morgan fingerprint density at radius 2 is 2.00 bits per heavy atom. The van der Waals surface area contributed by atoms with Crippen molar-refractivity contribution in [1.82, 2.24) is 4.98 Å². The van der Waals surface area contributed by atoms with Gasteiger partial charge in [0.15, 0.2) is 15.0 Å². The monoisotopic (exact) mass is 458 g/mol. The Morgan fingerprint density at radius 3 is 2.71 bits per heavy atom. The number of carbonyl (C=O) groups is 1. The fraction of sp³-hybridized carbons (Fsp3) is 0.391.